The first-order valence-electron chi connectivity index (χ1n) is 10.1. The molecule has 29 heavy (non-hydrogen) atoms. The summed E-state index contributed by atoms with van der Waals surface area (Å²) in [5.41, 5.74) is 2.45. The van der Waals surface area contributed by atoms with E-state index in [0.717, 1.165) is 22.7 Å². The average molecular weight is 393 g/mol. The third-order valence-electron chi connectivity index (χ3n) is 5.77. The van der Waals surface area contributed by atoms with Gasteiger partial charge in [-0.05, 0) is 50.5 Å². The van der Waals surface area contributed by atoms with E-state index in [1.807, 2.05) is 67.1 Å². The summed E-state index contributed by atoms with van der Waals surface area (Å²) in [6.07, 6.45) is 3.00. The summed E-state index contributed by atoms with van der Waals surface area (Å²) in [4.78, 5) is 13.5. The minimum atomic E-state index is -0.567. The van der Waals surface area contributed by atoms with Crippen molar-refractivity contribution in [3.63, 3.8) is 0 Å². The fourth-order valence-electron chi connectivity index (χ4n) is 4.23. The van der Waals surface area contributed by atoms with E-state index in [1.165, 1.54) is 0 Å². The zero-order valence-electron chi connectivity index (χ0n) is 16.9. The first-order valence-corrected chi connectivity index (χ1v) is 10.1. The third-order valence-corrected chi connectivity index (χ3v) is 5.77. The van der Waals surface area contributed by atoms with Crippen molar-refractivity contribution >= 4 is 5.91 Å². The molecule has 0 spiro atoms. The number of aryl methyl sites for hydroxylation is 2. The van der Waals surface area contributed by atoms with Gasteiger partial charge >= 0.3 is 0 Å². The van der Waals surface area contributed by atoms with Gasteiger partial charge in [-0.1, -0.05) is 30.3 Å². The number of ether oxygens (including phenoxy) is 1. The van der Waals surface area contributed by atoms with Gasteiger partial charge in [0.15, 0.2) is 0 Å². The molecular formula is C23H27N3O3. The van der Waals surface area contributed by atoms with E-state index in [9.17, 15) is 4.79 Å². The monoisotopic (exact) mass is 393 g/mol. The lowest BCUT2D eigenvalue weighted by Crippen LogP contribution is -2.49. The van der Waals surface area contributed by atoms with E-state index in [-0.39, 0.29) is 11.9 Å². The minimum absolute atomic E-state index is 0.0325. The van der Waals surface area contributed by atoms with Gasteiger partial charge in [0.05, 0.1) is 17.4 Å². The molecular weight excluding hydrogens is 366 g/mol. The third kappa shape index (κ3) is 3.85. The number of furan rings is 1. The van der Waals surface area contributed by atoms with E-state index >= 15 is 0 Å². The van der Waals surface area contributed by atoms with Gasteiger partial charge in [-0.15, -0.1) is 0 Å². The number of nitrogens with zero attached hydrogens (tertiary/aromatic N) is 2. The molecule has 1 unspecified atom stereocenters. The molecule has 6 nitrogen and oxygen atoms in total. The number of rotatable bonds is 6. The summed E-state index contributed by atoms with van der Waals surface area (Å²) in [5.74, 6) is 0.808. The fraction of sp³-hybridized carbons (Fsp3) is 0.391. The summed E-state index contributed by atoms with van der Waals surface area (Å²) in [6, 6.07) is 15.6. The predicted octanol–water partition coefficient (Wildman–Crippen LogP) is 3.55. The highest BCUT2D eigenvalue weighted by molar-refractivity contribution is 5.88. The number of nitrogens with one attached hydrogen (secondary N) is 1. The molecule has 0 radical (unpaired) electrons. The van der Waals surface area contributed by atoms with Gasteiger partial charge in [0, 0.05) is 25.5 Å². The van der Waals surface area contributed by atoms with Crippen molar-refractivity contribution in [2.75, 3.05) is 19.8 Å². The van der Waals surface area contributed by atoms with Gasteiger partial charge in [0.1, 0.15) is 11.8 Å². The van der Waals surface area contributed by atoms with Gasteiger partial charge < -0.3 is 14.5 Å². The summed E-state index contributed by atoms with van der Waals surface area (Å²) in [6.45, 7) is 5.56. The lowest BCUT2D eigenvalue weighted by atomic mass is 9.73. The smallest absolute Gasteiger partial charge is 0.230 e. The maximum atomic E-state index is 13.5. The lowest BCUT2D eigenvalue weighted by Gasteiger charge is -2.36. The number of carbonyl (C=O) groups excluding carboxylic acids is 1. The second-order valence-corrected chi connectivity index (χ2v) is 7.67. The van der Waals surface area contributed by atoms with Gasteiger partial charge in [-0.2, -0.15) is 5.10 Å². The van der Waals surface area contributed by atoms with Crippen molar-refractivity contribution in [1.82, 2.24) is 15.1 Å². The Morgan fingerprint density at radius 2 is 1.93 bits per heavy atom. The number of hydrogen-bond acceptors (Lipinski definition) is 4. The molecule has 1 fully saturated rings. The van der Waals surface area contributed by atoms with Crippen LogP contribution in [0.3, 0.4) is 0 Å². The number of aromatic nitrogens is 2. The van der Waals surface area contributed by atoms with Crippen molar-refractivity contribution in [2.24, 2.45) is 0 Å². The Morgan fingerprint density at radius 3 is 2.55 bits per heavy atom. The molecule has 152 valence electrons. The first kappa shape index (κ1) is 19.5. The van der Waals surface area contributed by atoms with Gasteiger partial charge in [0.2, 0.25) is 5.91 Å². The Labute approximate surface area is 170 Å². The van der Waals surface area contributed by atoms with E-state index in [1.54, 1.807) is 6.26 Å². The summed E-state index contributed by atoms with van der Waals surface area (Å²) >= 11 is 0. The molecule has 1 atom stereocenters. The Morgan fingerprint density at radius 1 is 1.17 bits per heavy atom. The van der Waals surface area contributed by atoms with Crippen LogP contribution < -0.4 is 5.32 Å². The van der Waals surface area contributed by atoms with E-state index in [0.29, 0.717) is 32.6 Å². The lowest BCUT2D eigenvalue weighted by molar-refractivity contribution is -0.130. The zero-order chi connectivity index (χ0) is 20.3. The standard InChI is InChI=1S/C23H27N3O3/c1-17-15-18(2)26(25-17)20(21-9-6-12-29-21)16-24-22(27)23(10-13-28-14-11-23)19-7-4-3-5-8-19/h3-9,12,15,20H,10-11,13-14,16H2,1-2H3,(H,24,27). The Kier molecular flexibility index (Phi) is 5.53. The highest BCUT2D eigenvalue weighted by atomic mass is 16.5. The van der Waals surface area contributed by atoms with Crippen LogP contribution in [0.15, 0.2) is 59.2 Å². The van der Waals surface area contributed by atoms with Crippen LogP contribution in [0.25, 0.3) is 0 Å². The van der Waals surface area contributed by atoms with Gasteiger partial charge in [-0.3, -0.25) is 9.48 Å². The maximum absolute atomic E-state index is 13.5. The van der Waals surface area contributed by atoms with E-state index < -0.39 is 5.41 Å². The Balaban J connectivity index is 1.59. The molecule has 3 heterocycles. The summed E-state index contributed by atoms with van der Waals surface area (Å²) in [7, 11) is 0. The fourth-order valence-corrected chi connectivity index (χ4v) is 4.23. The van der Waals surface area contributed by atoms with E-state index in [4.69, 9.17) is 9.15 Å². The molecule has 1 amide bonds. The molecule has 3 aromatic rings. The van der Waals surface area contributed by atoms with E-state index in [2.05, 4.69) is 10.4 Å². The molecule has 1 aliphatic rings. The molecule has 0 bridgehead atoms. The van der Waals surface area contributed by atoms with Crippen LogP contribution in [0.5, 0.6) is 0 Å². The highest BCUT2D eigenvalue weighted by Gasteiger charge is 2.41. The Hall–Kier alpha value is -2.86. The molecule has 2 aromatic heterocycles. The normalized spacial score (nSPS) is 17.0. The highest BCUT2D eigenvalue weighted by Crippen LogP contribution is 2.35. The topological polar surface area (TPSA) is 69.3 Å². The number of hydrogen-bond donors (Lipinski definition) is 1. The molecule has 4 rings (SSSR count). The molecule has 1 saturated heterocycles. The minimum Gasteiger partial charge on any atom is -0.467 e. The van der Waals surface area contributed by atoms with Crippen molar-refractivity contribution in [1.29, 1.82) is 0 Å². The van der Waals surface area contributed by atoms with Crippen LogP contribution in [-0.2, 0) is 14.9 Å². The van der Waals surface area contributed by atoms with Crippen molar-refractivity contribution in [3.8, 4) is 0 Å². The van der Waals surface area contributed by atoms with Crippen LogP contribution >= 0.6 is 0 Å². The number of amides is 1. The van der Waals surface area contributed by atoms with Crippen LogP contribution in [0.2, 0.25) is 0 Å². The van der Waals surface area contributed by atoms with Crippen LogP contribution in [0.4, 0.5) is 0 Å². The second-order valence-electron chi connectivity index (χ2n) is 7.67. The predicted molar refractivity (Wildman–Crippen MR) is 110 cm³/mol. The zero-order valence-corrected chi connectivity index (χ0v) is 16.9. The maximum Gasteiger partial charge on any atom is 0.230 e. The first-order chi connectivity index (χ1) is 14.1. The molecule has 1 aromatic carbocycles. The SMILES string of the molecule is Cc1cc(C)n(C(CNC(=O)C2(c3ccccc3)CCOCC2)c2ccco2)n1. The average Bonchev–Trinajstić information content (AvgIpc) is 3.39. The van der Waals surface area contributed by atoms with Gasteiger partial charge in [0.25, 0.3) is 0 Å². The molecule has 6 heteroatoms. The quantitative estimate of drug-likeness (QED) is 0.695. The number of benzene rings is 1. The second kappa shape index (κ2) is 8.25. The van der Waals surface area contributed by atoms with Crippen molar-refractivity contribution in [3.05, 3.63) is 77.5 Å². The van der Waals surface area contributed by atoms with Crippen molar-refractivity contribution in [2.45, 2.75) is 38.1 Å². The molecule has 1 N–H and O–H groups in total. The van der Waals surface area contributed by atoms with Gasteiger partial charge in [-0.25, -0.2) is 0 Å². The van der Waals surface area contributed by atoms with Crippen LogP contribution in [0, 0.1) is 13.8 Å². The van der Waals surface area contributed by atoms with Crippen LogP contribution in [0.1, 0.15) is 41.6 Å². The molecule has 0 aliphatic carbocycles. The Bertz CT molecular complexity index is 941. The van der Waals surface area contributed by atoms with Crippen LogP contribution in [-0.4, -0.2) is 35.4 Å². The van der Waals surface area contributed by atoms with Crippen molar-refractivity contribution < 1.29 is 13.9 Å². The number of carbonyl (C=O) groups is 1. The summed E-state index contributed by atoms with van der Waals surface area (Å²) in [5, 5.41) is 7.82. The molecule has 1 aliphatic heterocycles. The summed E-state index contributed by atoms with van der Waals surface area (Å²) < 4.78 is 13.2. The molecule has 0 saturated carbocycles. The largest absolute Gasteiger partial charge is 0.467 e.